The SMILES string of the molecule is CC(=O)c1cccc(NC(=O)CSC(C)CO)c1. The number of aliphatic hydroxyl groups excluding tert-OH is 1. The Morgan fingerprint density at radius 3 is 2.78 bits per heavy atom. The average molecular weight is 267 g/mol. The number of aliphatic hydroxyl groups is 1. The first-order chi connectivity index (χ1) is 8.52. The van der Waals surface area contributed by atoms with Crippen molar-refractivity contribution in [3.63, 3.8) is 0 Å². The Morgan fingerprint density at radius 1 is 1.44 bits per heavy atom. The molecule has 0 saturated carbocycles. The van der Waals surface area contributed by atoms with Crippen LogP contribution >= 0.6 is 11.8 Å². The molecule has 0 spiro atoms. The Labute approximate surface area is 111 Å². The van der Waals surface area contributed by atoms with Gasteiger partial charge in [0.05, 0.1) is 12.4 Å². The molecule has 1 rings (SSSR count). The van der Waals surface area contributed by atoms with Crippen molar-refractivity contribution in [2.75, 3.05) is 17.7 Å². The number of ketones is 1. The van der Waals surface area contributed by atoms with Gasteiger partial charge in [-0.3, -0.25) is 9.59 Å². The first-order valence-electron chi connectivity index (χ1n) is 5.66. The van der Waals surface area contributed by atoms with E-state index in [0.717, 1.165) is 0 Å². The number of nitrogens with one attached hydrogen (secondary N) is 1. The molecule has 0 saturated heterocycles. The van der Waals surface area contributed by atoms with Crippen LogP contribution in [-0.4, -0.2) is 34.4 Å². The van der Waals surface area contributed by atoms with Crippen molar-refractivity contribution in [2.24, 2.45) is 0 Å². The van der Waals surface area contributed by atoms with Crippen LogP contribution in [0.5, 0.6) is 0 Å². The number of thioether (sulfide) groups is 1. The fourth-order valence-corrected chi connectivity index (χ4v) is 1.90. The van der Waals surface area contributed by atoms with Crippen LogP contribution < -0.4 is 5.32 Å². The highest BCUT2D eigenvalue weighted by Crippen LogP contribution is 2.13. The van der Waals surface area contributed by atoms with Gasteiger partial charge < -0.3 is 10.4 Å². The molecule has 0 aliphatic carbocycles. The number of carbonyl (C=O) groups is 2. The normalized spacial score (nSPS) is 11.9. The molecule has 5 heteroatoms. The molecule has 0 radical (unpaired) electrons. The summed E-state index contributed by atoms with van der Waals surface area (Å²) in [6.45, 7) is 3.39. The van der Waals surface area contributed by atoms with E-state index in [1.807, 2.05) is 6.92 Å². The summed E-state index contributed by atoms with van der Waals surface area (Å²) in [6, 6.07) is 6.83. The summed E-state index contributed by atoms with van der Waals surface area (Å²) in [5, 5.41) is 11.6. The third-order valence-electron chi connectivity index (χ3n) is 2.31. The number of anilines is 1. The van der Waals surface area contributed by atoms with Crippen molar-refractivity contribution >= 4 is 29.1 Å². The third kappa shape index (κ3) is 4.89. The molecular weight excluding hydrogens is 250 g/mol. The van der Waals surface area contributed by atoms with Crippen molar-refractivity contribution in [1.82, 2.24) is 0 Å². The van der Waals surface area contributed by atoms with Gasteiger partial charge in [-0.2, -0.15) is 0 Å². The quantitative estimate of drug-likeness (QED) is 0.773. The number of hydrogen-bond acceptors (Lipinski definition) is 4. The van der Waals surface area contributed by atoms with Crippen LogP contribution in [0.25, 0.3) is 0 Å². The zero-order valence-electron chi connectivity index (χ0n) is 10.5. The molecule has 98 valence electrons. The van der Waals surface area contributed by atoms with E-state index >= 15 is 0 Å². The van der Waals surface area contributed by atoms with E-state index in [-0.39, 0.29) is 29.3 Å². The van der Waals surface area contributed by atoms with Gasteiger partial charge in [-0.15, -0.1) is 11.8 Å². The standard InChI is InChI=1S/C13H17NO3S/c1-9(7-15)18-8-13(17)14-12-5-3-4-11(6-12)10(2)16/h3-6,9,15H,7-8H2,1-2H3,(H,14,17). The van der Waals surface area contributed by atoms with Gasteiger partial charge in [0.1, 0.15) is 0 Å². The molecule has 1 aromatic rings. The Hall–Kier alpha value is -1.33. The van der Waals surface area contributed by atoms with E-state index in [1.165, 1.54) is 18.7 Å². The Bertz CT molecular complexity index is 434. The molecule has 0 bridgehead atoms. The van der Waals surface area contributed by atoms with Gasteiger partial charge in [0.2, 0.25) is 5.91 Å². The average Bonchev–Trinajstić information content (AvgIpc) is 2.36. The van der Waals surface area contributed by atoms with Crippen molar-refractivity contribution in [1.29, 1.82) is 0 Å². The lowest BCUT2D eigenvalue weighted by atomic mass is 10.1. The van der Waals surface area contributed by atoms with E-state index in [4.69, 9.17) is 5.11 Å². The zero-order valence-corrected chi connectivity index (χ0v) is 11.3. The minimum Gasteiger partial charge on any atom is -0.395 e. The monoisotopic (exact) mass is 267 g/mol. The molecule has 1 amide bonds. The molecule has 0 heterocycles. The van der Waals surface area contributed by atoms with Crippen LogP contribution in [0, 0.1) is 0 Å². The van der Waals surface area contributed by atoms with E-state index in [0.29, 0.717) is 11.3 Å². The molecule has 2 N–H and O–H groups in total. The highest BCUT2D eigenvalue weighted by molar-refractivity contribution is 8.00. The van der Waals surface area contributed by atoms with Crippen LogP contribution in [0.4, 0.5) is 5.69 Å². The molecule has 0 aromatic heterocycles. The lowest BCUT2D eigenvalue weighted by molar-refractivity contribution is -0.113. The topological polar surface area (TPSA) is 66.4 Å². The predicted octanol–water partition coefficient (Wildman–Crippen LogP) is 1.94. The van der Waals surface area contributed by atoms with Crippen LogP contribution in [0.2, 0.25) is 0 Å². The molecule has 0 fully saturated rings. The summed E-state index contributed by atoms with van der Waals surface area (Å²) in [7, 11) is 0. The van der Waals surface area contributed by atoms with E-state index in [9.17, 15) is 9.59 Å². The summed E-state index contributed by atoms with van der Waals surface area (Å²) in [5.41, 5.74) is 1.19. The molecule has 1 aromatic carbocycles. The predicted molar refractivity (Wildman–Crippen MR) is 74.1 cm³/mol. The Morgan fingerprint density at radius 2 is 2.17 bits per heavy atom. The number of rotatable bonds is 6. The lowest BCUT2D eigenvalue weighted by Crippen LogP contribution is -2.17. The van der Waals surface area contributed by atoms with Crippen LogP contribution in [-0.2, 0) is 4.79 Å². The molecule has 1 unspecified atom stereocenters. The second-order valence-corrected chi connectivity index (χ2v) is 5.42. The first-order valence-corrected chi connectivity index (χ1v) is 6.71. The van der Waals surface area contributed by atoms with Crippen LogP contribution in [0.3, 0.4) is 0 Å². The van der Waals surface area contributed by atoms with Gasteiger partial charge in [0, 0.05) is 16.5 Å². The second-order valence-electron chi connectivity index (χ2n) is 3.99. The van der Waals surface area contributed by atoms with E-state index in [1.54, 1.807) is 24.3 Å². The molecular formula is C13H17NO3S. The summed E-state index contributed by atoms with van der Waals surface area (Å²) >= 11 is 1.39. The summed E-state index contributed by atoms with van der Waals surface area (Å²) in [5.74, 6) is 0.113. The van der Waals surface area contributed by atoms with Gasteiger partial charge in [-0.05, 0) is 19.1 Å². The van der Waals surface area contributed by atoms with E-state index < -0.39 is 0 Å². The number of carbonyl (C=O) groups excluding carboxylic acids is 2. The van der Waals surface area contributed by atoms with Crippen LogP contribution in [0.1, 0.15) is 24.2 Å². The first kappa shape index (κ1) is 14.7. The minimum atomic E-state index is -0.138. The fraction of sp³-hybridized carbons (Fsp3) is 0.385. The summed E-state index contributed by atoms with van der Waals surface area (Å²) in [4.78, 5) is 22.8. The van der Waals surface area contributed by atoms with Gasteiger partial charge in [-0.1, -0.05) is 19.1 Å². The number of benzene rings is 1. The van der Waals surface area contributed by atoms with Gasteiger partial charge in [0.15, 0.2) is 5.78 Å². The fourth-order valence-electron chi connectivity index (χ4n) is 1.28. The molecule has 0 aliphatic rings. The number of hydrogen-bond donors (Lipinski definition) is 2. The lowest BCUT2D eigenvalue weighted by Gasteiger charge is -2.08. The van der Waals surface area contributed by atoms with Gasteiger partial charge in [0.25, 0.3) is 0 Å². The van der Waals surface area contributed by atoms with Crippen LogP contribution in [0.15, 0.2) is 24.3 Å². The minimum absolute atomic E-state index is 0.0330. The van der Waals surface area contributed by atoms with Crippen molar-refractivity contribution < 1.29 is 14.7 Å². The van der Waals surface area contributed by atoms with E-state index in [2.05, 4.69) is 5.32 Å². The number of Topliss-reactive ketones (excluding diaryl/α,β-unsaturated/α-hetero) is 1. The second kappa shape index (κ2) is 7.18. The van der Waals surface area contributed by atoms with Crippen molar-refractivity contribution in [3.05, 3.63) is 29.8 Å². The Balaban J connectivity index is 2.54. The molecule has 4 nitrogen and oxygen atoms in total. The maximum absolute atomic E-state index is 11.6. The van der Waals surface area contributed by atoms with Crippen molar-refractivity contribution in [3.8, 4) is 0 Å². The highest BCUT2D eigenvalue weighted by atomic mass is 32.2. The summed E-state index contributed by atoms with van der Waals surface area (Å²) < 4.78 is 0. The molecule has 0 aliphatic heterocycles. The van der Waals surface area contributed by atoms with Gasteiger partial charge in [-0.25, -0.2) is 0 Å². The molecule has 1 atom stereocenters. The van der Waals surface area contributed by atoms with Gasteiger partial charge >= 0.3 is 0 Å². The largest absolute Gasteiger partial charge is 0.395 e. The number of amides is 1. The zero-order chi connectivity index (χ0) is 13.5. The molecule has 18 heavy (non-hydrogen) atoms. The summed E-state index contributed by atoms with van der Waals surface area (Å²) in [6.07, 6.45) is 0. The third-order valence-corrected chi connectivity index (χ3v) is 3.46. The smallest absolute Gasteiger partial charge is 0.234 e. The Kier molecular flexibility index (Phi) is 5.88. The van der Waals surface area contributed by atoms with Crippen molar-refractivity contribution in [2.45, 2.75) is 19.1 Å². The maximum atomic E-state index is 11.6. The maximum Gasteiger partial charge on any atom is 0.234 e. The highest BCUT2D eigenvalue weighted by Gasteiger charge is 2.07.